The molecule has 77 heavy (non-hydrogen) atoms. The summed E-state index contributed by atoms with van der Waals surface area (Å²) in [5, 5.41) is 8.50. The third-order valence-electron chi connectivity index (χ3n) is 17.1. The lowest BCUT2D eigenvalue weighted by atomic mass is 9.70. The maximum absolute atomic E-state index is 5.54. The number of para-hydroxylation sites is 4. The number of rotatable bonds is 5. The molecule has 0 atom stereocenters. The Labute approximate surface area is 444 Å². The van der Waals surface area contributed by atoms with Gasteiger partial charge in [0.25, 0.3) is 0 Å². The number of benzene rings is 12. The van der Waals surface area contributed by atoms with E-state index >= 15 is 0 Å². The highest BCUT2D eigenvalue weighted by Crippen LogP contribution is 2.63. The second-order valence-electron chi connectivity index (χ2n) is 20.9. The van der Waals surface area contributed by atoms with Gasteiger partial charge in [0.1, 0.15) is 0 Å². The molecular weight excluding hydrogens is 931 g/mol. The average molecular weight is 976 g/mol. The number of aromatic nitrogens is 3. The Morgan fingerprint density at radius 2 is 0.714 bits per heavy atom. The summed E-state index contributed by atoms with van der Waals surface area (Å²) >= 11 is 0. The van der Waals surface area contributed by atoms with Gasteiger partial charge in [0.05, 0.1) is 38.7 Å². The third kappa shape index (κ3) is 5.88. The quantitative estimate of drug-likeness (QED) is 0.158. The van der Waals surface area contributed by atoms with E-state index in [4.69, 9.17) is 4.98 Å². The van der Waals surface area contributed by atoms with Crippen molar-refractivity contribution in [1.82, 2.24) is 14.1 Å². The molecule has 0 aliphatic heterocycles. The van der Waals surface area contributed by atoms with Crippen molar-refractivity contribution in [2.45, 2.75) is 5.41 Å². The van der Waals surface area contributed by atoms with Crippen molar-refractivity contribution in [1.29, 1.82) is 0 Å². The molecule has 0 fully saturated rings. The first-order valence-corrected chi connectivity index (χ1v) is 26.7. The highest BCUT2D eigenvalue weighted by molar-refractivity contribution is 6.15. The maximum Gasteiger partial charge on any atom is 0.0788 e. The average Bonchev–Trinajstić information content (AvgIpc) is 4.36. The van der Waals surface area contributed by atoms with Crippen molar-refractivity contribution in [3.05, 3.63) is 295 Å². The summed E-state index contributed by atoms with van der Waals surface area (Å²) in [6, 6.07) is 101. The summed E-state index contributed by atoms with van der Waals surface area (Å²) in [7, 11) is 0. The number of pyridine rings is 1. The lowest BCUT2D eigenvalue weighted by Gasteiger charge is -2.30. The van der Waals surface area contributed by atoms with Crippen molar-refractivity contribution >= 4 is 65.3 Å². The molecule has 0 radical (unpaired) electrons. The third-order valence-corrected chi connectivity index (χ3v) is 17.1. The smallest absolute Gasteiger partial charge is 0.0788 e. The topological polar surface area (TPSA) is 22.8 Å². The summed E-state index contributed by atoms with van der Waals surface area (Å²) in [6.45, 7) is 0. The second kappa shape index (κ2) is 16.0. The predicted molar refractivity (Wildman–Crippen MR) is 321 cm³/mol. The summed E-state index contributed by atoms with van der Waals surface area (Å²) in [5.74, 6) is 0. The van der Waals surface area contributed by atoms with Crippen LogP contribution in [0.4, 0.5) is 0 Å². The second-order valence-corrected chi connectivity index (χ2v) is 20.9. The van der Waals surface area contributed by atoms with Crippen molar-refractivity contribution < 1.29 is 0 Å². The fraction of sp³-hybridized carbons (Fsp3) is 0.0135. The standard InChI is InChI=1S/C74H45N3/c1-2-21-51(22-3-1)76-69-34-14-8-28-57(69)61-42-48(36-38-71(61)76)49-37-39-72-62(43-49)58-29-9-15-35-70(58)77(72)52-23-17-19-47(41-52)46-18-16-20-50(40-46)73-63-44-60-55-26-6-12-32-66(55)74(67(60)45-59(63)56-27-7-13-33-68(56)75-73)64-30-10-4-24-53(64)54-25-5-11-31-65(54)74/h1-45H. The van der Waals surface area contributed by atoms with Gasteiger partial charge in [-0.3, -0.25) is 0 Å². The van der Waals surface area contributed by atoms with Crippen LogP contribution < -0.4 is 0 Å². The van der Waals surface area contributed by atoms with Crippen LogP contribution in [0.15, 0.2) is 273 Å². The van der Waals surface area contributed by atoms with E-state index < -0.39 is 5.41 Å². The fourth-order valence-electron chi connectivity index (χ4n) is 13.9. The zero-order valence-corrected chi connectivity index (χ0v) is 41.8. The molecule has 356 valence electrons. The highest BCUT2D eigenvalue weighted by atomic mass is 15.0. The van der Waals surface area contributed by atoms with E-state index in [0.717, 1.165) is 44.4 Å². The Morgan fingerprint density at radius 3 is 1.36 bits per heavy atom. The summed E-state index contributed by atoms with van der Waals surface area (Å²) < 4.78 is 4.81. The van der Waals surface area contributed by atoms with Crippen molar-refractivity contribution in [2.24, 2.45) is 0 Å². The van der Waals surface area contributed by atoms with Gasteiger partial charge in [-0.05, 0) is 157 Å². The maximum atomic E-state index is 5.54. The molecule has 0 saturated carbocycles. The van der Waals surface area contributed by atoms with Crippen LogP contribution in [-0.2, 0) is 5.41 Å². The van der Waals surface area contributed by atoms with Crippen molar-refractivity contribution in [3.63, 3.8) is 0 Å². The highest BCUT2D eigenvalue weighted by Gasteiger charge is 2.51. The molecule has 2 aliphatic carbocycles. The van der Waals surface area contributed by atoms with Gasteiger partial charge in [0.15, 0.2) is 0 Å². The largest absolute Gasteiger partial charge is 0.309 e. The molecule has 0 N–H and O–H groups in total. The van der Waals surface area contributed by atoms with Crippen LogP contribution in [0.5, 0.6) is 0 Å². The van der Waals surface area contributed by atoms with Crippen LogP contribution in [0.2, 0.25) is 0 Å². The molecule has 0 unspecified atom stereocenters. The zero-order chi connectivity index (χ0) is 50.3. The first-order valence-electron chi connectivity index (χ1n) is 26.7. The molecule has 0 saturated heterocycles. The van der Waals surface area contributed by atoms with E-state index in [1.54, 1.807) is 0 Å². The minimum Gasteiger partial charge on any atom is -0.309 e. The number of fused-ring (bicyclic) bond motifs is 19. The van der Waals surface area contributed by atoms with Gasteiger partial charge in [-0.15, -0.1) is 0 Å². The molecule has 17 rings (SSSR count). The number of hydrogen-bond donors (Lipinski definition) is 0. The summed E-state index contributed by atoms with van der Waals surface area (Å²) in [5.41, 5.74) is 24.9. The van der Waals surface area contributed by atoms with E-state index in [1.807, 2.05) is 0 Å². The van der Waals surface area contributed by atoms with E-state index in [1.165, 1.54) is 110 Å². The minimum absolute atomic E-state index is 0.428. The molecular formula is C74H45N3. The molecule has 3 heteroatoms. The van der Waals surface area contributed by atoms with Gasteiger partial charge >= 0.3 is 0 Å². The van der Waals surface area contributed by atoms with Gasteiger partial charge < -0.3 is 9.13 Å². The molecule has 0 amide bonds. The first kappa shape index (κ1) is 42.3. The molecule has 2 aliphatic rings. The lowest BCUT2D eigenvalue weighted by molar-refractivity contribution is 0.795. The molecule has 3 heterocycles. The van der Waals surface area contributed by atoms with Crippen molar-refractivity contribution in [3.8, 4) is 67.1 Å². The Bertz CT molecular complexity index is 4950. The predicted octanol–water partition coefficient (Wildman–Crippen LogP) is 18.9. The molecule has 12 aromatic carbocycles. The summed E-state index contributed by atoms with van der Waals surface area (Å²) in [6.07, 6.45) is 0. The SMILES string of the molecule is c1ccc(-n2c3ccccc3c3cc(-c4ccc5c(c4)c4ccccc4n5-c4cccc(-c5cccc(-c6nc7ccccc7c7cc8c(cc67)-c6ccccc6C86c7ccccc7-c7ccccc76)c5)c4)ccc32)cc1. The Balaban J connectivity index is 0.794. The number of hydrogen-bond acceptors (Lipinski definition) is 1. The molecule has 1 spiro atoms. The monoisotopic (exact) mass is 975 g/mol. The molecule has 3 aromatic heterocycles. The van der Waals surface area contributed by atoms with Gasteiger partial charge in [0.2, 0.25) is 0 Å². The zero-order valence-electron chi connectivity index (χ0n) is 41.8. The summed E-state index contributed by atoms with van der Waals surface area (Å²) in [4.78, 5) is 5.54. The Kier molecular flexibility index (Phi) is 8.76. The lowest BCUT2D eigenvalue weighted by Crippen LogP contribution is -2.25. The molecule has 0 bridgehead atoms. The van der Waals surface area contributed by atoms with E-state index in [9.17, 15) is 0 Å². The van der Waals surface area contributed by atoms with Gasteiger partial charge in [0, 0.05) is 49.3 Å². The van der Waals surface area contributed by atoms with Crippen LogP contribution in [0, 0.1) is 0 Å². The normalized spacial score (nSPS) is 13.0. The van der Waals surface area contributed by atoms with Crippen LogP contribution in [-0.4, -0.2) is 14.1 Å². The van der Waals surface area contributed by atoms with Gasteiger partial charge in [-0.1, -0.05) is 188 Å². The van der Waals surface area contributed by atoms with Crippen molar-refractivity contribution in [2.75, 3.05) is 0 Å². The fourth-order valence-corrected chi connectivity index (χ4v) is 13.9. The molecule has 15 aromatic rings. The van der Waals surface area contributed by atoms with Crippen LogP contribution in [0.3, 0.4) is 0 Å². The molecule has 3 nitrogen and oxygen atoms in total. The van der Waals surface area contributed by atoms with E-state index in [2.05, 4.69) is 282 Å². The Morgan fingerprint density at radius 1 is 0.247 bits per heavy atom. The van der Waals surface area contributed by atoms with Gasteiger partial charge in [-0.25, -0.2) is 4.98 Å². The van der Waals surface area contributed by atoms with Crippen LogP contribution in [0.1, 0.15) is 22.3 Å². The minimum atomic E-state index is -0.428. The van der Waals surface area contributed by atoms with E-state index in [-0.39, 0.29) is 0 Å². The first-order chi connectivity index (χ1) is 38.2. The Hall–Kier alpha value is -10.1. The van der Waals surface area contributed by atoms with Crippen LogP contribution >= 0.6 is 0 Å². The van der Waals surface area contributed by atoms with E-state index in [0.29, 0.717) is 0 Å². The van der Waals surface area contributed by atoms with Gasteiger partial charge in [-0.2, -0.15) is 0 Å². The number of nitrogens with zero attached hydrogens (tertiary/aromatic N) is 3. The van der Waals surface area contributed by atoms with Crippen LogP contribution in [0.25, 0.3) is 132 Å².